The molecule has 1 unspecified atom stereocenters. The Hall–Kier alpha value is -3.13. The number of fused-ring (bicyclic) bond motifs is 1. The van der Waals surface area contributed by atoms with Gasteiger partial charge >= 0.3 is 15.6 Å². The molecule has 6 atom stereocenters. The molecule has 0 spiro atoms. The number of rotatable bonds is 12. The lowest BCUT2D eigenvalue weighted by Crippen LogP contribution is -2.37. The summed E-state index contributed by atoms with van der Waals surface area (Å²) in [6, 6.07) is 5.99. The maximum atomic E-state index is 12.3. The van der Waals surface area contributed by atoms with Crippen LogP contribution in [-0.4, -0.2) is 75.9 Å². The SMILES string of the molecule is CC(C)(C)[C@@H](OCO[C@@H]1[C@H](O)[C@@H](COP(=O)(O)OP(=O)(O)O)O[C@H]1n1cnc2c(=O)[nH]c(N)nc21)c1ccccc1[N+](=O)[O-]. The standard InChI is InChI=1S/C22H30N6O14P2/c1-22(2,3)17(11-6-4-5-7-12(11)28(31)32)39-10-38-16-15(29)13(8-40-44(36,37)42-43(33,34)35)41-20(16)27-9-24-14-18(27)25-21(23)26-19(14)30/h4-7,9,13,15-17,20,29H,8,10H2,1-3H3,(H,36,37)(H2,33,34,35)(H3,23,25,26,30)/t13-,15-,16-,17+,20-/m1/s1. The van der Waals surface area contributed by atoms with E-state index in [1.165, 1.54) is 22.8 Å². The van der Waals surface area contributed by atoms with E-state index in [0.717, 1.165) is 6.33 Å². The lowest BCUT2D eigenvalue weighted by atomic mass is 9.84. The molecule has 0 radical (unpaired) electrons. The summed E-state index contributed by atoms with van der Waals surface area (Å²) >= 11 is 0. The van der Waals surface area contributed by atoms with E-state index in [1.54, 1.807) is 26.8 Å². The Morgan fingerprint density at radius 3 is 2.57 bits per heavy atom. The van der Waals surface area contributed by atoms with Crippen molar-refractivity contribution in [2.75, 3.05) is 19.1 Å². The molecule has 4 rings (SSSR count). The molecule has 0 bridgehead atoms. The number of H-pyrrole nitrogens is 1. The molecular formula is C22H30N6O14P2. The molecule has 1 fully saturated rings. The molecule has 242 valence electrons. The number of nitrogens with two attached hydrogens (primary N) is 1. The molecule has 1 aliphatic rings. The van der Waals surface area contributed by atoms with Gasteiger partial charge in [0.25, 0.3) is 11.2 Å². The highest BCUT2D eigenvalue weighted by atomic mass is 31.3. The second-order valence-electron chi connectivity index (χ2n) is 10.6. The van der Waals surface area contributed by atoms with Gasteiger partial charge in [0.2, 0.25) is 5.95 Å². The largest absolute Gasteiger partial charge is 0.481 e. The Morgan fingerprint density at radius 1 is 1.25 bits per heavy atom. The minimum Gasteiger partial charge on any atom is -0.387 e. The highest BCUT2D eigenvalue weighted by molar-refractivity contribution is 7.60. The first kappa shape index (κ1) is 33.8. The third-order valence-corrected chi connectivity index (χ3v) is 8.50. The van der Waals surface area contributed by atoms with Crippen molar-refractivity contribution in [3.8, 4) is 0 Å². The molecule has 0 saturated carbocycles. The number of para-hydroxylation sites is 1. The second-order valence-corrected chi connectivity index (χ2v) is 13.5. The maximum Gasteiger partial charge on any atom is 0.481 e. The van der Waals surface area contributed by atoms with E-state index in [2.05, 4.69) is 23.8 Å². The van der Waals surface area contributed by atoms with Crippen LogP contribution in [0.25, 0.3) is 11.2 Å². The zero-order valence-electron chi connectivity index (χ0n) is 23.3. The quantitative estimate of drug-likeness (QED) is 0.0686. The van der Waals surface area contributed by atoms with E-state index in [4.69, 9.17) is 29.7 Å². The number of phosphoric acid groups is 2. The fraction of sp³-hybridized carbons (Fsp3) is 0.500. The molecule has 1 saturated heterocycles. The van der Waals surface area contributed by atoms with Crippen LogP contribution in [-0.2, 0) is 32.2 Å². The van der Waals surface area contributed by atoms with Crippen molar-refractivity contribution in [1.29, 1.82) is 0 Å². The van der Waals surface area contributed by atoms with Crippen LogP contribution in [0.4, 0.5) is 11.6 Å². The third kappa shape index (κ3) is 7.74. The third-order valence-electron chi connectivity index (χ3n) is 6.35. The molecule has 0 aliphatic carbocycles. The molecule has 0 amide bonds. The molecule has 3 heterocycles. The first-order valence-corrected chi connectivity index (χ1v) is 15.7. The van der Waals surface area contributed by atoms with Crippen LogP contribution in [0.5, 0.6) is 0 Å². The van der Waals surface area contributed by atoms with Gasteiger partial charge in [-0.15, -0.1) is 0 Å². The molecule has 2 aromatic heterocycles. The number of hydrogen-bond acceptors (Lipinski definition) is 14. The Bertz CT molecular complexity index is 1670. The topological polar surface area (TPSA) is 294 Å². The van der Waals surface area contributed by atoms with Gasteiger partial charge in [0, 0.05) is 6.07 Å². The van der Waals surface area contributed by atoms with Crippen molar-refractivity contribution >= 4 is 38.4 Å². The number of benzene rings is 1. The predicted octanol–water partition coefficient (Wildman–Crippen LogP) is 1.24. The van der Waals surface area contributed by atoms with Crippen molar-refractivity contribution < 1.29 is 56.9 Å². The van der Waals surface area contributed by atoms with Gasteiger partial charge in [-0.3, -0.25) is 29.0 Å². The fourth-order valence-corrected chi connectivity index (χ4v) is 6.18. The maximum absolute atomic E-state index is 12.3. The molecule has 1 aliphatic heterocycles. The average molecular weight is 664 g/mol. The molecule has 44 heavy (non-hydrogen) atoms. The normalized spacial score (nSPS) is 23.1. The number of nitro benzene ring substituents is 1. The van der Waals surface area contributed by atoms with E-state index in [1.807, 2.05) is 0 Å². The molecule has 20 nitrogen and oxygen atoms in total. The molecular weight excluding hydrogens is 634 g/mol. The van der Waals surface area contributed by atoms with Crippen LogP contribution < -0.4 is 11.3 Å². The summed E-state index contributed by atoms with van der Waals surface area (Å²) in [5.41, 5.74) is 4.17. The van der Waals surface area contributed by atoms with Crippen LogP contribution in [0, 0.1) is 15.5 Å². The summed E-state index contributed by atoms with van der Waals surface area (Å²) < 4.78 is 50.2. The number of nitrogens with zero attached hydrogens (tertiary/aromatic N) is 4. The van der Waals surface area contributed by atoms with E-state index in [9.17, 15) is 34.0 Å². The monoisotopic (exact) mass is 664 g/mol. The van der Waals surface area contributed by atoms with Gasteiger partial charge in [0.05, 0.1) is 29.5 Å². The minimum absolute atomic E-state index is 0.0790. The van der Waals surface area contributed by atoms with Crippen LogP contribution in [0.1, 0.15) is 38.7 Å². The summed E-state index contributed by atoms with van der Waals surface area (Å²) in [6.45, 7) is 3.88. The van der Waals surface area contributed by atoms with Gasteiger partial charge in [-0.25, -0.2) is 14.1 Å². The first-order valence-electron chi connectivity index (χ1n) is 12.6. The number of nitrogen functional groups attached to an aromatic ring is 1. The predicted molar refractivity (Wildman–Crippen MR) is 148 cm³/mol. The lowest BCUT2D eigenvalue weighted by Gasteiger charge is -2.31. The van der Waals surface area contributed by atoms with Crippen molar-refractivity contribution in [1.82, 2.24) is 19.5 Å². The van der Waals surface area contributed by atoms with Gasteiger partial charge in [0.1, 0.15) is 25.1 Å². The summed E-state index contributed by atoms with van der Waals surface area (Å²) in [5.74, 6) is -0.267. The number of nitro groups is 1. The highest BCUT2D eigenvalue weighted by Gasteiger charge is 2.48. The van der Waals surface area contributed by atoms with Gasteiger partial charge in [-0.2, -0.15) is 9.29 Å². The average Bonchev–Trinajstić information content (AvgIpc) is 3.44. The van der Waals surface area contributed by atoms with Crippen LogP contribution in [0.3, 0.4) is 0 Å². The van der Waals surface area contributed by atoms with Crippen LogP contribution in [0.2, 0.25) is 0 Å². The van der Waals surface area contributed by atoms with Crippen molar-refractivity contribution in [3.05, 3.63) is 56.6 Å². The van der Waals surface area contributed by atoms with Crippen LogP contribution in [0.15, 0.2) is 35.4 Å². The van der Waals surface area contributed by atoms with Gasteiger partial charge < -0.3 is 39.7 Å². The van der Waals surface area contributed by atoms with Crippen molar-refractivity contribution in [2.24, 2.45) is 5.41 Å². The van der Waals surface area contributed by atoms with E-state index in [-0.39, 0.29) is 28.4 Å². The number of aromatic amines is 1. The van der Waals surface area contributed by atoms with E-state index in [0.29, 0.717) is 0 Å². The number of ether oxygens (including phenoxy) is 3. The molecule has 3 aromatic rings. The summed E-state index contributed by atoms with van der Waals surface area (Å²) in [7, 11) is -10.7. The number of aliphatic hydroxyl groups is 1. The number of imidazole rings is 1. The highest BCUT2D eigenvalue weighted by Crippen LogP contribution is 2.57. The zero-order valence-corrected chi connectivity index (χ0v) is 25.1. The first-order chi connectivity index (χ1) is 20.4. The Labute approximate surface area is 247 Å². The lowest BCUT2D eigenvalue weighted by molar-refractivity contribution is -0.386. The number of aromatic nitrogens is 4. The Morgan fingerprint density at radius 2 is 1.93 bits per heavy atom. The Kier molecular flexibility index (Phi) is 9.74. The molecule has 22 heteroatoms. The second kappa shape index (κ2) is 12.7. The number of anilines is 1. The van der Waals surface area contributed by atoms with Crippen molar-refractivity contribution in [2.45, 2.75) is 51.4 Å². The molecule has 7 N–H and O–H groups in total. The number of hydrogen-bond donors (Lipinski definition) is 6. The number of aliphatic hydroxyl groups excluding tert-OH is 1. The van der Waals surface area contributed by atoms with E-state index >= 15 is 0 Å². The van der Waals surface area contributed by atoms with Gasteiger partial charge in [-0.1, -0.05) is 32.9 Å². The van der Waals surface area contributed by atoms with E-state index < -0.39 is 75.6 Å². The molecule has 1 aromatic carbocycles. The number of phosphoric ester groups is 1. The summed E-state index contributed by atoms with van der Waals surface area (Å²) in [6.07, 6.45) is -5.59. The van der Waals surface area contributed by atoms with Crippen molar-refractivity contribution in [3.63, 3.8) is 0 Å². The van der Waals surface area contributed by atoms with Gasteiger partial charge in [-0.05, 0) is 11.5 Å². The smallest absolute Gasteiger partial charge is 0.387 e. The Balaban J connectivity index is 1.62. The van der Waals surface area contributed by atoms with Gasteiger partial charge in [0.15, 0.2) is 17.4 Å². The number of nitrogens with one attached hydrogen (secondary N) is 1. The summed E-state index contributed by atoms with van der Waals surface area (Å²) in [4.78, 5) is 61.1. The van der Waals surface area contributed by atoms with Crippen LogP contribution >= 0.6 is 15.6 Å². The zero-order chi connectivity index (χ0) is 32.6. The summed E-state index contributed by atoms with van der Waals surface area (Å²) in [5, 5.41) is 22.8. The minimum atomic E-state index is -5.43. The fourth-order valence-electron chi connectivity index (χ4n) is 4.58.